The van der Waals surface area contributed by atoms with E-state index in [-0.39, 0.29) is 17.3 Å². The second-order valence-electron chi connectivity index (χ2n) is 5.02. The Bertz CT molecular complexity index is 208. The number of hydrogen-bond donors (Lipinski definition) is 1. The van der Waals surface area contributed by atoms with Crippen molar-refractivity contribution in [2.75, 3.05) is 0 Å². The molecule has 76 valence electrons. The van der Waals surface area contributed by atoms with E-state index in [4.69, 9.17) is 0 Å². The zero-order valence-electron chi connectivity index (χ0n) is 9.00. The fourth-order valence-corrected chi connectivity index (χ4v) is 2.36. The first-order chi connectivity index (χ1) is 5.85. The van der Waals surface area contributed by atoms with E-state index >= 15 is 0 Å². The third-order valence-electron chi connectivity index (χ3n) is 3.86. The number of rotatable bonds is 2. The average molecular weight is 184 g/mol. The van der Waals surface area contributed by atoms with Crippen molar-refractivity contribution in [2.45, 2.75) is 46.6 Å². The predicted molar refractivity (Wildman–Crippen MR) is 52.4 cm³/mol. The first-order valence-electron chi connectivity index (χ1n) is 5.03. The van der Waals surface area contributed by atoms with Gasteiger partial charge in [0.2, 0.25) is 0 Å². The molecular weight excluding hydrogens is 164 g/mol. The summed E-state index contributed by atoms with van der Waals surface area (Å²) in [6, 6.07) is 0. The molecule has 1 aliphatic carbocycles. The number of hydrogen-bond acceptors (Lipinski definition) is 2. The molecular formula is C11H20O2. The molecule has 0 saturated heterocycles. The highest BCUT2D eigenvalue weighted by Gasteiger charge is 2.45. The Hall–Kier alpha value is -0.370. The van der Waals surface area contributed by atoms with Gasteiger partial charge in [-0.05, 0) is 30.6 Å². The molecule has 1 fully saturated rings. The van der Waals surface area contributed by atoms with Crippen molar-refractivity contribution in [1.82, 2.24) is 0 Å². The van der Waals surface area contributed by atoms with Crippen molar-refractivity contribution in [3.63, 3.8) is 0 Å². The van der Waals surface area contributed by atoms with E-state index in [1.54, 1.807) is 6.92 Å². The largest absolute Gasteiger partial charge is 0.393 e. The van der Waals surface area contributed by atoms with Gasteiger partial charge in [-0.25, -0.2) is 0 Å². The lowest BCUT2D eigenvalue weighted by atomic mass is 9.74. The van der Waals surface area contributed by atoms with Gasteiger partial charge in [0.15, 0.2) is 0 Å². The lowest BCUT2D eigenvalue weighted by Gasteiger charge is -2.30. The summed E-state index contributed by atoms with van der Waals surface area (Å²) >= 11 is 0. The van der Waals surface area contributed by atoms with Crippen LogP contribution in [0.15, 0.2) is 0 Å². The van der Waals surface area contributed by atoms with Gasteiger partial charge in [-0.2, -0.15) is 0 Å². The summed E-state index contributed by atoms with van der Waals surface area (Å²) in [7, 11) is 0. The van der Waals surface area contributed by atoms with Gasteiger partial charge in [-0.1, -0.05) is 20.8 Å². The third-order valence-corrected chi connectivity index (χ3v) is 3.86. The second-order valence-corrected chi connectivity index (χ2v) is 5.02. The lowest BCUT2D eigenvalue weighted by Crippen LogP contribution is -2.26. The highest BCUT2D eigenvalue weighted by atomic mass is 16.3. The summed E-state index contributed by atoms with van der Waals surface area (Å²) in [6.45, 7) is 8.01. The molecule has 2 nitrogen and oxygen atoms in total. The Balaban J connectivity index is 2.72. The van der Waals surface area contributed by atoms with Crippen molar-refractivity contribution < 1.29 is 9.90 Å². The molecule has 1 aliphatic rings. The molecule has 0 amide bonds. The highest BCUT2D eigenvalue weighted by molar-refractivity contribution is 5.75. The fraction of sp³-hybridized carbons (Fsp3) is 0.909. The van der Waals surface area contributed by atoms with Crippen LogP contribution in [-0.4, -0.2) is 17.0 Å². The Morgan fingerprint density at radius 3 is 2.38 bits per heavy atom. The molecule has 0 aromatic carbocycles. The van der Waals surface area contributed by atoms with Crippen LogP contribution in [0, 0.1) is 17.3 Å². The number of aliphatic hydroxyl groups excluding tert-OH is 1. The summed E-state index contributed by atoms with van der Waals surface area (Å²) in [6.07, 6.45) is 1.18. The average Bonchev–Trinajstić information content (AvgIpc) is 2.15. The van der Waals surface area contributed by atoms with Crippen LogP contribution >= 0.6 is 0 Å². The van der Waals surface area contributed by atoms with E-state index in [9.17, 15) is 9.90 Å². The molecule has 0 aromatic rings. The number of aliphatic hydroxyl groups is 1. The van der Waals surface area contributed by atoms with E-state index in [0.29, 0.717) is 18.3 Å². The molecule has 2 heteroatoms. The quantitative estimate of drug-likeness (QED) is 0.712. The number of ketones is 1. The van der Waals surface area contributed by atoms with Crippen LogP contribution in [0.4, 0.5) is 0 Å². The Labute approximate surface area is 80.3 Å². The smallest absolute Gasteiger partial charge is 0.130 e. The molecule has 0 bridgehead atoms. The van der Waals surface area contributed by atoms with Crippen molar-refractivity contribution in [1.29, 1.82) is 0 Å². The van der Waals surface area contributed by atoms with Gasteiger partial charge in [0.1, 0.15) is 5.78 Å². The van der Waals surface area contributed by atoms with Crippen LogP contribution in [0.25, 0.3) is 0 Å². The second kappa shape index (κ2) is 3.41. The van der Waals surface area contributed by atoms with Crippen LogP contribution in [0.1, 0.15) is 40.5 Å². The topological polar surface area (TPSA) is 37.3 Å². The normalized spacial score (nSPS) is 37.8. The monoisotopic (exact) mass is 184 g/mol. The van der Waals surface area contributed by atoms with Crippen LogP contribution in [0.5, 0.6) is 0 Å². The maximum absolute atomic E-state index is 11.0. The summed E-state index contributed by atoms with van der Waals surface area (Å²) < 4.78 is 0. The summed E-state index contributed by atoms with van der Waals surface area (Å²) in [5.74, 6) is 0.895. The molecule has 0 heterocycles. The lowest BCUT2D eigenvalue weighted by molar-refractivity contribution is -0.118. The molecule has 1 rings (SSSR count). The molecule has 0 aliphatic heterocycles. The highest BCUT2D eigenvalue weighted by Crippen LogP contribution is 2.48. The van der Waals surface area contributed by atoms with Gasteiger partial charge >= 0.3 is 0 Å². The zero-order valence-corrected chi connectivity index (χ0v) is 9.00. The van der Waals surface area contributed by atoms with Crippen LogP contribution in [0.2, 0.25) is 0 Å². The maximum Gasteiger partial charge on any atom is 0.130 e. The van der Waals surface area contributed by atoms with Gasteiger partial charge in [0.05, 0.1) is 6.10 Å². The van der Waals surface area contributed by atoms with Gasteiger partial charge in [-0.3, -0.25) is 0 Å². The molecule has 0 radical (unpaired) electrons. The van der Waals surface area contributed by atoms with E-state index in [1.807, 2.05) is 0 Å². The molecule has 1 saturated carbocycles. The number of carbonyl (C=O) groups is 1. The van der Waals surface area contributed by atoms with Crippen LogP contribution in [-0.2, 0) is 4.79 Å². The van der Waals surface area contributed by atoms with E-state index in [0.717, 1.165) is 6.42 Å². The Kier molecular flexibility index (Phi) is 2.81. The number of carbonyl (C=O) groups excluding carboxylic acids is 1. The molecule has 1 N–H and O–H groups in total. The minimum atomic E-state index is -0.223. The first kappa shape index (κ1) is 10.7. The van der Waals surface area contributed by atoms with E-state index < -0.39 is 0 Å². The summed E-state index contributed by atoms with van der Waals surface area (Å²) in [4.78, 5) is 11.0. The minimum Gasteiger partial charge on any atom is -0.393 e. The molecule has 0 aromatic heterocycles. The van der Waals surface area contributed by atoms with E-state index in [1.165, 1.54) is 0 Å². The van der Waals surface area contributed by atoms with Crippen molar-refractivity contribution in [2.24, 2.45) is 17.3 Å². The van der Waals surface area contributed by atoms with Crippen LogP contribution in [0.3, 0.4) is 0 Å². The van der Waals surface area contributed by atoms with Crippen molar-refractivity contribution in [3.8, 4) is 0 Å². The maximum atomic E-state index is 11.0. The fourth-order valence-electron chi connectivity index (χ4n) is 2.36. The van der Waals surface area contributed by atoms with Gasteiger partial charge in [-0.15, -0.1) is 0 Å². The van der Waals surface area contributed by atoms with Gasteiger partial charge in [0.25, 0.3) is 0 Å². The molecule has 3 atom stereocenters. The minimum absolute atomic E-state index is 0.102. The third kappa shape index (κ3) is 1.93. The Morgan fingerprint density at radius 1 is 1.54 bits per heavy atom. The van der Waals surface area contributed by atoms with E-state index in [2.05, 4.69) is 20.8 Å². The van der Waals surface area contributed by atoms with Crippen LogP contribution < -0.4 is 0 Å². The predicted octanol–water partition coefficient (Wildman–Crippen LogP) is 2.01. The van der Waals surface area contributed by atoms with Crippen molar-refractivity contribution >= 4 is 5.78 Å². The van der Waals surface area contributed by atoms with Gasteiger partial charge < -0.3 is 9.90 Å². The Morgan fingerprint density at radius 2 is 2.08 bits per heavy atom. The number of Topliss-reactive ketones (excluding diaryl/α,β-unsaturated/α-hetero) is 1. The zero-order chi connectivity index (χ0) is 10.2. The van der Waals surface area contributed by atoms with Gasteiger partial charge in [0, 0.05) is 6.42 Å². The summed E-state index contributed by atoms with van der Waals surface area (Å²) in [5, 5.41) is 9.71. The molecule has 13 heavy (non-hydrogen) atoms. The first-order valence-corrected chi connectivity index (χ1v) is 5.03. The molecule has 3 unspecified atom stereocenters. The standard InChI is InChI=1S/C11H20O2/c1-7(12)5-9-6-10(13)8(2)11(9,3)4/h8-10,13H,5-6H2,1-4H3. The summed E-state index contributed by atoms with van der Waals surface area (Å²) in [5.41, 5.74) is 0.102. The van der Waals surface area contributed by atoms with Crippen molar-refractivity contribution in [3.05, 3.63) is 0 Å². The molecule has 0 spiro atoms. The SMILES string of the molecule is CC(=O)CC1CC(O)C(C)C1(C)C.